The zero-order chi connectivity index (χ0) is 14.4. The lowest BCUT2D eigenvalue weighted by atomic mass is 9.93. The molecule has 0 radical (unpaired) electrons. The van der Waals surface area contributed by atoms with Gasteiger partial charge >= 0.3 is 0 Å². The highest BCUT2D eigenvalue weighted by molar-refractivity contribution is 9.10. The molecule has 1 aromatic rings. The number of nitrogens with one attached hydrogen (secondary N) is 1. The summed E-state index contributed by atoms with van der Waals surface area (Å²) in [5.74, 6) is 0.969. The highest BCUT2D eigenvalue weighted by Crippen LogP contribution is 2.20. The molecule has 1 aliphatic rings. The molecule has 2 rings (SSSR count). The van der Waals surface area contributed by atoms with Crippen molar-refractivity contribution in [1.29, 1.82) is 0 Å². The Kier molecular flexibility index (Phi) is 6.05. The first kappa shape index (κ1) is 15.5. The molecule has 0 atom stereocenters. The minimum absolute atomic E-state index is 0.249. The summed E-state index contributed by atoms with van der Waals surface area (Å²) in [6.07, 6.45) is 4.12. The highest BCUT2D eigenvalue weighted by atomic mass is 79.9. The van der Waals surface area contributed by atoms with Gasteiger partial charge < -0.3 is 10.2 Å². The monoisotopic (exact) mass is 338 g/mol. The van der Waals surface area contributed by atoms with Crippen LogP contribution in [0.3, 0.4) is 0 Å². The van der Waals surface area contributed by atoms with Crippen LogP contribution in [0.5, 0.6) is 0 Å². The number of piperidine rings is 1. The third-order valence-corrected chi connectivity index (χ3v) is 4.79. The van der Waals surface area contributed by atoms with E-state index in [-0.39, 0.29) is 5.91 Å². The Morgan fingerprint density at radius 3 is 2.75 bits per heavy atom. The summed E-state index contributed by atoms with van der Waals surface area (Å²) in [7, 11) is 1.89. The Labute approximate surface area is 129 Å². The molecule has 110 valence electrons. The fourth-order valence-corrected chi connectivity index (χ4v) is 3.07. The average molecular weight is 339 g/mol. The lowest BCUT2D eigenvalue weighted by molar-refractivity contribution is -0.130. The lowest BCUT2D eigenvalue weighted by Gasteiger charge is -2.24. The van der Waals surface area contributed by atoms with E-state index in [1.54, 1.807) is 0 Å². The molecule has 0 saturated carbocycles. The topological polar surface area (TPSA) is 32.3 Å². The van der Waals surface area contributed by atoms with Crippen LogP contribution in [-0.4, -0.2) is 30.9 Å². The van der Waals surface area contributed by atoms with Crippen LogP contribution < -0.4 is 5.32 Å². The number of hydrogen-bond acceptors (Lipinski definition) is 2. The summed E-state index contributed by atoms with van der Waals surface area (Å²) in [6.45, 7) is 2.88. The van der Waals surface area contributed by atoms with Gasteiger partial charge in [0.2, 0.25) is 5.91 Å². The standard InChI is InChI=1S/C16H23BrN2O/c1-19(12-14-4-2-3-5-15(14)17)16(20)7-6-13-8-10-18-11-9-13/h2-5,13,18H,6-12H2,1H3. The molecule has 1 aromatic carbocycles. The molecule has 0 aliphatic carbocycles. The van der Waals surface area contributed by atoms with Crippen LogP contribution in [-0.2, 0) is 11.3 Å². The number of carbonyl (C=O) groups is 1. The molecule has 3 nitrogen and oxygen atoms in total. The van der Waals surface area contributed by atoms with Crippen LogP contribution >= 0.6 is 15.9 Å². The predicted octanol–water partition coefficient (Wildman–Crippen LogP) is 3.19. The van der Waals surface area contributed by atoms with Gasteiger partial charge in [-0.3, -0.25) is 4.79 Å². The van der Waals surface area contributed by atoms with Gasteiger partial charge in [-0.25, -0.2) is 0 Å². The van der Waals surface area contributed by atoms with Crippen LogP contribution in [0.25, 0.3) is 0 Å². The van der Waals surface area contributed by atoms with E-state index in [0.717, 1.165) is 35.5 Å². The van der Waals surface area contributed by atoms with E-state index in [1.165, 1.54) is 12.8 Å². The Bertz CT molecular complexity index is 444. The molecular formula is C16H23BrN2O. The van der Waals surface area contributed by atoms with Gasteiger partial charge in [-0.15, -0.1) is 0 Å². The third-order valence-electron chi connectivity index (χ3n) is 4.02. The molecule has 1 heterocycles. The Hall–Kier alpha value is -0.870. The first-order chi connectivity index (χ1) is 9.66. The number of carbonyl (C=O) groups excluding carboxylic acids is 1. The van der Waals surface area contributed by atoms with Crippen molar-refractivity contribution >= 4 is 21.8 Å². The molecule has 1 aliphatic heterocycles. The zero-order valence-corrected chi connectivity index (χ0v) is 13.7. The van der Waals surface area contributed by atoms with Crippen molar-refractivity contribution in [2.75, 3.05) is 20.1 Å². The van der Waals surface area contributed by atoms with Crippen molar-refractivity contribution in [2.24, 2.45) is 5.92 Å². The fourth-order valence-electron chi connectivity index (χ4n) is 2.66. The van der Waals surface area contributed by atoms with Crippen molar-refractivity contribution in [3.63, 3.8) is 0 Å². The van der Waals surface area contributed by atoms with Crippen molar-refractivity contribution in [3.8, 4) is 0 Å². The largest absolute Gasteiger partial charge is 0.341 e. The van der Waals surface area contributed by atoms with Crippen LogP contribution in [0.4, 0.5) is 0 Å². The van der Waals surface area contributed by atoms with E-state index < -0.39 is 0 Å². The molecule has 0 bridgehead atoms. The third kappa shape index (κ3) is 4.60. The van der Waals surface area contributed by atoms with Gasteiger partial charge in [0.15, 0.2) is 0 Å². The van der Waals surface area contributed by atoms with E-state index in [0.29, 0.717) is 13.0 Å². The summed E-state index contributed by atoms with van der Waals surface area (Å²) in [5.41, 5.74) is 1.16. The van der Waals surface area contributed by atoms with E-state index in [2.05, 4.69) is 27.3 Å². The van der Waals surface area contributed by atoms with Crippen molar-refractivity contribution in [2.45, 2.75) is 32.2 Å². The first-order valence-electron chi connectivity index (χ1n) is 7.35. The molecule has 0 aromatic heterocycles. The van der Waals surface area contributed by atoms with Crippen molar-refractivity contribution in [1.82, 2.24) is 10.2 Å². The number of amides is 1. The second-order valence-electron chi connectivity index (χ2n) is 5.57. The summed E-state index contributed by atoms with van der Waals surface area (Å²) in [6, 6.07) is 8.07. The SMILES string of the molecule is CN(Cc1ccccc1Br)C(=O)CCC1CCNCC1. The lowest BCUT2D eigenvalue weighted by Crippen LogP contribution is -2.30. The number of hydrogen-bond donors (Lipinski definition) is 1. The Morgan fingerprint density at radius 1 is 1.35 bits per heavy atom. The second-order valence-corrected chi connectivity index (χ2v) is 6.43. The predicted molar refractivity (Wildman–Crippen MR) is 85.4 cm³/mol. The molecule has 1 N–H and O–H groups in total. The van der Waals surface area contributed by atoms with Gasteiger partial charge in [-0.2, -0.15) is 0 Å². The molecule has 0 spiro atoms. The van der Waals surface area contributed by atoms with Crippen LogP contribution in [0.15, 0.2) is 28.7 Å². The molecule has 20 heavy (non-hydrogen) atoms. The average Bonchev–Trinajstić information content (AvgIpc) is 2.48. The molecule has 0 unspecified atom stereocenters. The van der Waals surface area contributed by atoms with Crippen LogP contribution in [0.1, 0.15) is 31.2 Å². The molecule has 4 heteroatoms. The van der Waals surface area contributed by atoms with Crippen LogP contribution in [0.2, 0.25) is 0 Å². The number of rotatable bonds is 5. The normalized spacial score (nSPS) is 16.1. The summed E-state index contributed by atoms with van der Waals surface area (Å²) in [5, 5.41) is 3.36. The van der Waals surface area contributed by atoms with E-state index in [4.69, 9.17) is 0 Å². The van der Waals surface area contributed by atoms with Gasteiger partial charge in [0, 0.05) is 24.5 Å². The zero-order valence-electron chi connectivity index (χ0n) is 12.1. The van der Waals surface area contributed by atoms with Gasteiger partial charge in [0.1, 0.15) is 0 Å². The van der Waals surface area contributed by atoms with Crippen molar-refractivity contribution in [3.05, 3.63) is 34.3 Å². The van der Waals surface area contributed by atoms with Gasteiger partial charge in [-0.05, 0) is 49.9 Å². The molecule has 1 saturated heterocycles. The van der Waals surface area contributed by atoms with Crippen LogP contribution in [0, 0.1) is 5.92 Å². The first-order valence-corrected chi connectivity index (χ1v) is 8.14. The van der Waals surface area contributed by atoms with Gasteiger partial charge in [0.05, 0.1) is 0 Å². The summed E-state index contributed by atoms with van der Waals surface area (Å²) < 4.78 is 1.07. The van der Waals surface area contributed by atoms with E-state index in [9.17, 15) is 4.79 Å². The number of halogens is 1. The Balaban J connectivity index is 1.78. The van der Waals surface area contributed by atoms with Gasteiger partial charge in [-0.1, -0.05) is 34.1 Å². The molecule has 1 amide bonds. The Morgan fingerprint density at radius 2 is 2.05 bits per heavy atom. The maximum atomic E-state index is 12.2. The minimum atomic E-state index is 0.249. The minimum Gasteiger partial charge on any atom is -0.341 e. The van der Waals surface area contributed by atoms with Crippen molar-refractivity contribution < 1.29 is 4.79 Å². The van der Waals surface area contributed by atoms with E-state index in [1.807, 2.05) is 30.1 Å². The second kappa shape index (κ2) is 7.79. The fraction of sp³-hybridized carbons (Fsp3) is 0.562. The summed E-state index contributed by atoms with van der Waals surface area (Å²) in [4.78, 5) is 14.0. The van der Waals surface area contributed by atoms with E-state index >= 15 is 0 Å². The summed E-state index contributed by atoms with van der Waals surface area (Å²) >= 11 is 3.53. The number of benzene rings is 1. The smallest absolute Gasteiger partial charge is 0.222 e. The highest BCUT2D eigenvalue weighted by Gasteiger charge is 2.16. The molecule has 1 fully saturated rings. The quantitative estimate of drug-likeness (QED) is 0.894. The van der Waals surface area contributed by atoms with Gasteiger partial charge in [0.25, 0.3) is 0 Å². The molecular weight excluding hydrogens is 316 g/mol. The maximum absolute atomic E-state index is 12.2. The maximum Gasteiger partial charge on any atom is 0.222 e. The number of nitrogens with zero attached hydrogens (tertiary/aromatic N) is 1.